The highest BCUT2D eigenvalue weighted by Gasteiger charge is 2.01. The molecule has 0 saturated heterocycles. The van der Waals surface area contributed by atoms with Crippen LogP contribution in [0.1, 0.15) is 25.5 Å². The summed E-state index contributed by atoms with van der Waals surface area (Å²) in [5, 5.41) is 7.45. The molecule has 1 N–H and O–H groups in total. The third-order valence-electron chi connectivity index (χ3n) is 2.37. The number of nitrogens with zero attached hydrogens (tertiary/aromatic N) is 2. The Labute approximate surface area is 95.8 Å². The van der Waals surface area contributed by atoms with Gasteiger partial charge in [-0.25, -0.2) is 0 Å². The fraction of sp³-hybridized carbons (Fsp3) is 0.636. The number of carbonyl (C=O) groups is 1. The van der Waals surface area contributed by atoms with Gasteiger partial charge in [-0.2, -0.15) is 5.10 Å². The lowest BCUT2D eigenvalue weighted by Gasteiger charge is -2.06. The molecule has 90 valence electrons. The Morgan fingerprint density at radius 1 is 1.62 bits per heavy atom. The Hall–Kier alpha value is -1.36. The number of aromatic nitrogens is 2. The van der Waals surface area contributed by atoms with Crippen LogP contribution in [0.15, 0.2) is 12.3 Å². The van der Waals surface area contributed by atoms with Crippen LogP contribution < -0.4 is 5.32 Å². The van der Waals surface area contributed by atoms with Gasteiger partial charge in [-0.3, -0.25) is 9.48 Å². The van der Waals surface area contributed by atoms with E-state index in [1.54, 1.807) is 6.20 Å². The quantitative estimate of drug-likeness (QED) is 0.554. The van der Waals surface area contributed by atoms with Crippen molar-refractivity contribution >= 4 is 5.97 Å². The van der Waals surface area contributed by atoms with Gasteiger partial charge in [0.05, 0.1) is 12.8 Å². The van der Waals surface area contributed by atoms with Gasteiger partial charge in [0.25, 0.3) is 0 Å². The number of ether oxygens (including phenoxy) is 1. The predicted molar refractivity (Wildman–Crippen MR) is 60.9 cm³/mol. The molecule has 1 rings (SSSR count). The first-order valence-corrected chi connectivity index (χ1v) is 5.56. The van der Waals surface area contributed by atoms with E-state index in [1.165, 1.54) is 12.8 Å². The third kappa shape index (κ3) is 4.02. The molecule has 0 fully saturated rings. The molecule has 0 amide bonds. The van der Waals surface area contributed by atoms with Gasteiger partial charge in [-0.15, -0.1) is 0 Å². The number of hydrogen-bond acceptors (Lipinski definition) is 4. The summed E-state index contributed by atoms with van der Waals surface area (Å²) in [6.45, 7) is 4.54. The maximum Gasteiger partial charge on any atom is 0.305 e. The van der Waals surface area contributed by atoms with Crippen molar-refractivity contribution in [3.05, 3.63) is 18.0 Å². The minimum absolute atomic E-state index is 0.152. The molecule has 5 heteroatoms. The Morgan fingerprint density at radius 3 is 3.12 bits per heavy atom. The van der Waals surface area contributed by atoms with Crippen molar-refractivity contribution in [1.82, 2.24) is 15.1 Å². The summed E-state index contributed by atoms with van der Waals surface area (Å²) >= 11 is 0. The molecule has 0 unspecified atom stereocenters. The zero-order valence-corrected chi connectivity index (χ0v) is 9.90. The SMILES string of the molecule is CCn1nccc1CNCCCC(=O)OC. The van der Waals surface area contributed by atoms with Crippen LogP contribution in [0.5, 0.6) is 0 Å². The second-order valence-corrected chi connectivity index (χ2v) is 3.49. The van der Waals surface area contributed by atoms with Gasteiger partial charge in [0.1, 0.15) is 0 Å². The highest BCUT2D eigenvalue weighted by Crippen LogP contribution is 1.98. The first-order valence-electron chi connectivity index (χ1n) is 5.56. The topological polar surface area (TPSA) is 56.2 Å². The van der Waals surface area contributed by atoms with Crippen LogP contribution in [0.4, 0.5) is 0 Å². The Balaban J connectivity index is 2.14. The van der Waals surface area contributed by atoms with E-state index < -0.39 is 0 Å². The minimum Gasteiger partial charge on any atom is -0.469 e. The molecule has 16 heavy (non-hydrogen) atoms. The van der Waals surface area contributed by atoms with Gasteiger partial charge in [0.2, 0.25) is 0 Å². The van der Waals surface area contributed by atoms with Gasteiger partial charge in [0.15, 0.2) is 0 Å². The van der Waals surface area contributed by atoms with Crippen LogP contribution in [-0.4, -0.2) is 29.4 Å². The van der Waals surface area contributed by atoms with Crippen LogP contribution in [0.2, 0.25) is 0 Å². The van der Waals surface area contributed by atoms with Gasteiger partial charge in [-0.05, 0) is 26.0 Å². The van der Waals surface area contributed by atoms with Crippen LogP contribution in [-0.2, 0) is 22.6 Å². The maximum atomic E-state index is 10.8. The summed E-state index contributed by atoms with van der Waals surface area (Å²) in [6.07, 6.45) is 3.07. The summed E-state index contributed by atoms with van der Waals surface area (Å²) in [6, 6.07) is 2.00. The molecule has 1 aromatic heterocycles. The second-order valence-electron chi connectivity index (χ2n) is 3.49. The molecule has 0 aromatic carbocycles. The van der Waals surface area contributed by atoms with Crippen LogP contribution in [0.25, 0.3) is 0 Å². The molecule has 0 aliphatic rings. The average molecular weight is 225 g/mol. The number of carbonyl (C=O) groups excluding carboxylic acids is 1. The molecule has 1 aromatic rings. The molecule has 1 heterocycles. The smallest absolute Gasteiger partial charge is 0.305 e. The van der Waals surface area contributed by atoms with E-state index >= 15 is 0 Å². The molecule has 5 nitrogen and oxygen atoms in total. The highest BCUT2D eigenvalue weighted by atomic mass is 16.5. The van der Waals surface area contributed by atoms with Crippen LogP contribution in [0.3, 0.4) is 0 Å². The summed E-state index contributed by atoms with van der Waals surface area (Å²) in [5.41, 5.74) is 1.17. The summed E-state index contributed by atoms with van der Waals surface area (Å²) in [7, 11) is 1.41. The van der Waals surface area contributed by atoms with Crippen molar-refractivity contribution in [2.75, 3.05) is 13.7 Å². The third-order valence-corrected chi connectivity index (χ3v) is 2.37. The van der Waals surface area contributed by atoms with E-state index in [1.807, 2.05) is 10.7 Å². The molecule has 0 aliphatic heterocycles. The van der Waals surface area contributed by atoms with Gasteiger partial charge < -0.3 is 10.1 Å². The number of esters is 1. The lowest BCUT2D eigenvalue weighted by atomic mass is 10.3. The van der Waals surface area contributed by atoms with Gasteiger partial charge in [0, 0.05) is 25.7 Å². The number of rotatable bonds is 7. The van der Waals surface area contributed by atoms with Crippen molar-refractivity contribution in [3.8, 4) is 0 Å². The largest absolute Gasteiger partial charge is 0.469 e. The maximum absolute atomic E-state index is 10.8. The fourth-order valence-electron chi connectivity index (χ4n) is 1.47. The normalized spacial score (nSPS) is 10.4. The first-order chi connectivity index (χ1) is 7.77. The van der Waals surface area contributed by atoms with Gasteiger partial charge in [-0.1, -0.05) is 0 Å². The van der Waals surface area contributed by atoms with E-state index in [4.69, 9.17) is 0 Å². The van der Waals surface area contributed by atoms with Gasteiger partial charge >= 0.3 is 5.97 Å². The molecular formula is C11H19N3O2. The number of methoxy groups -OCH3 is 1. The van der Waals surface area contributed by atoms with Crippen molar-refractivity contribution in [2.45, 2.75) is 32.9 Å². The van der Waals surface area contributed by atoms with E-state index in [0.29, 0.717) is 6.42 Å². The molecule has 0 aliphatic carbocycles. The average Bonchev–Trinajstić information content (AvgIpc) is 2.75. The van der Waals surface area contributed by atoms with Crippen molar-refractivity contribution in [2.24, 2.45) is 0 Å². The zero-order chi connectivity index (χ0) is 11.8. The van der Waals surface area contributed by atoms with E-state index in [9.17, 15) is 4.79 Å². The molecular weight excluding hydrogens is 206 g/mol. The Bertz CT molecular complexity index is 323. The summed E-state index contributed by atoms with van der Waals surface area (Å²) in [4.78, 5) is 10.8. The summed E-state index contributed by atoms with van der Waals surface area (Å²) in [5.74, 6) is -0.152. The van der Waals surface area contributed by atoms with Crippen molar-refractivity contribution in [1.29, 1.82) is 0 Å². The van der Waals surface area contributed by atoms with E-state index in [0.717, 1.165) is 26.1 Å². The molecule has 0 bridgehead atoms. The fourth-order valence-corrected chi connectivity index (χ4v) is 1.47. The van der Waals surface area contributed by atoms with Crippen LogP contribution >= 0.6 is 0 Å². The lowest BCUT2D eigenvalue weighted by molar-refractivity contribution is -0.140. The monoisotopic (exact) mass is 225 g/mol. The van der Waals surface area contributed by atoms with E-state index in [2.05, 4.69) is 22.1 Å². The highest BCUT2D eigenvalue weighted by molar-refractivity contribution is 5.69. The zero-order valence-electron chi connectivity index (χ0n) is 9.90. The number of hydrogen-bond donors (Lipinski definition) is 1. The first kappa shape index (κ1) is 12.7. The Kier molecular flexibility index (Phi) is 5.56. The number of nitrogens with one attached hydrogen (secondary N) is 1. The molecule has 0 atom stereocenters. The Morgan fingerprint density at radius 2 is 2.44 bits per heavy atom. The summed E-state index contributed by atoms with van der Waals surface area (Å²) < 4.78 is 6.51. The van der Waals surface area contributed by atoms with Crippen molar-refractivity contribution < 1.29 is 9.53 Å². The van der Waals surface area contributed by atoms with E-state index in [-0.39, 0.29) is 5.97 Å². The second kappa shape index (κ2) is 7.00. The molecule has 0 spiro atoms. The number of aryl methyl sites for hydroxylation is 1. The van der Waals surface area contributed by atoms with Crippen LogP contribution in [0, 0.1) is 0 Å². The van der Waals surface area contributed by atoms with Crippen molar-refractivity contribution in [3.63, 3.8) is 0 Å². The molecule has 0 saturated carbocycles. The lowest BCUT2D eigenvalue weighted by Crippen LogP contribution is -2.18. The predicted octanol–water partition coefficient (Wildman–Crippen LogP) is 0.946. The molecule has 0 radical (unpaired) electrons. The standard InChI is InChI=1S/C11H19N3O2/c1-3-14-10(6-8-13-14)9-12-7-4-5-11(15)16-2/h6,8,12H,3-5,7,9H2,1-2H3. The minimum atomic E-state index is -0.152.